The van der Waals surface area contributed by atoms with Crippen molar-refractivity contribution < 1.29 is 14.3 Å². The van der Waals surface area contributed by atoms with Gasteiger partial charge in [-0.3, -0.25) is 9.69 Å². The zero-order chi connectivity index (χ0) is 15.7. The number of thiophene rings is 1. The monoisotopic (exact) mass is 322 g/mol. The van der Waals surface area contributed by atoms with Gasteiger partial charge in [-0.25, -0.2) is 4.79 Å². The number of rotatable bonds is 4. The van der Waals surface area contributed by atoms with Gasteiger partial charge in [-0.2, -0.15) is 0 Å². The predicted octanol–water partition coefficient (Wildman–Crippen LogP) is 1.83. The lowest BCUT2D eigenvalue weighted by atomic mass is 10.2. The molecule has 22 heavy (non-hydrogen) atoms. The molecule has 0 unspecified atom stereocenters. The largest absolute Gasteiger partial charge is 0.465 e. The van der Waals surface area contributed by atoms with Crippen LogP contribution < -0.4 is 0 Å². The Morgan fingerprint density at radius 3 is 2.55 bits per heavy atom. The first-order valence-electron chi connectivity index (χ1n) is 7.76. The van der Waals surface area contributed by atoms with Crippen molar-refractivity contribution >= 4 is 23.2 Å². The highest BCUT2D eigenvalue weighted by Crippen LogP contribution is 2.39. The molecule has 1 saturated carbocycles. The van der Waals surface area contributed by atoms with Gasteiger partial charge in [0.25, 0.3) is 0 Å². The van der Waals surface area contributed by atoms with Crippen molar-refractivity contribution in [3.63, 3.8) is 0 Å². The van der Waals surface area contributed by atoms with E-state index in [-0.39, 0.29) is 11.9 Å². The summed E-state index contributed by atoms with van der Waals surface area (Å²) in [5.41, 5.74) is 0. The van der Waals surface area contributed by atoms with Gasteiger partial charge in [0.1, 0.15) is 4.88 Å². The first-order valence-corrected chi connectivity index (χ1v) is 8.58. The summed E-state index contributed by atoms with van der Waals surface area (Å²) in [6.45, 7) is 6.42. The Hall–Kier alpha value is -1.40. The molecule has 2 fully saturated rings. The third-order valence-electron chi connectivity index (χ3n) is 4.54. The number of amides is 1. The smallest absolute Gasteiger partial charge is 0.348 e. The summed E-state index contributed by atoms with van der Waals surface area (Å²) in [4.78, 5) is 29.8. The van der Waals surface area contributed by atoms with Gasteiger partial charge in [0, 0.05) is 43.5 Å². The SMILES string of the molecule is COC(=O)c1ccc(CN2CCN(C(=O)[C@H]3C[C@H]3C)CC2)s1. The third kappa shape index (κ3) is 3.33. The van der Waals surface area contributed by atoms with E-state index in [0.29, 0.717) is 16.7 Å². The summed E-state index contributed by atoms with van der Waals surface area (Å²) in [6.07, 6.45) is 1.06. The Kier molecular flexibility index (Phi) is 4.49. The highest BCUT2D eigenvalue weighted by Gasteiger charge is 2.41. The maximum Gasteiger partial charge on any atom is 0.348 e. The van der Waals surface area contributed by atoms with Crippen LogP contribution >= 0.6 is 11.3 Å². The van der Waals surface area contributed by atoms with E-state index in [1.54, 1.807) is 0 Å². The normalized spacial score (nSPS) is 25.1. The number of piperazine rings is 1. The molecular weight excluding hydrogens is 300 g/mol. The molecule has 6 heteroatoms. The van der Waals surface area contributed by atoms with Crippen molar-refractivity contribution in [1.29, 1.82) is 0 Å². The number of nitrogens with zero attached hydrogens (tertiary/aromatic N) is 2. The average Bonchev–Trinajstić information content (AvgIpc) is 3.08. The molecule has 1 aliphatic carbocycles. The molecule has 1 saturated heterocycles. The molecule has 0 N–H and O–H groups in total. The summed E-state index contributed by atoms with van der Waals surface area (Å²) in [5.74, 6) is 0.932. The summed E-state index contributed by atoms with van der Waals surface area (Å²) in [7, 11) is 1.40. The maximum atomic E-state index is 12.2. The fourth-order valence-electron chi connectivity index (χ4n) is 2.92. The van der Waals surface area contributed by atoms with Gasteiger partial charge < -0.3 is 9.64 Å². The van der Waals surface area contributed by atoms with Crippen LogP contribution in [0.5, 0.6) is 0 Å². The highest BCUT2D eigenvalue weighted by molar-refractivity contribution is 7.13. The molecule has 120 valence electrons. The zero-order valence-electron chi connectivity index (χ0n) is 13.1. The summed E-state index contributed by atoms with van der Waals surface area (Å²) in [6, 6.07) is 3.81. The molecule has 1 amide bonds. The quantitative estimate of drug-likeness (QED) is 0.794. The van der Waals surface area contributed by atoms with E-state index in [2.05, 4.69) is 11.8 Å². The van der Waals surface area contributed by atoms with Crippen LogP contribution in [0.3, 0.4) is 0 Å². The van der Waals surface area contributed by atoms with E-state index >= 15 is 0 Å². The standard InChI is InChI=1S/C16H22N2O3S/c1-11-9-13(11)15(19)18-7-5-17(6-8-18)10-12-3-4-14(22-12)16(20)21-2/h3-4,11,13H,5-10H2,1-2H3/t11-,13+/m1/s1. The van der Waals surface area contributed by atoms with E-state index in [0.717, 1.165) is 44.0 Å². The molecular formula is C16H22N2O3S. The third-order valence-corrected chi connectivity index (χ3v) is 5.59. The molecule has 3 rings (SSSR count). The van der Waals surface area contributed by atoms with Gasteiger partial charge in [0.05, 0.1) is 7.11 Å². The predicted molar refractivity (Wildman–Crippen MR) is 84.8 cm³/mol. The Balaban J connectivity index is 1.48. The van der Waals surface area contributed by atoms with E-state index in [4.69, 9.17) is 4.74 Å². The van der Waals surface area contributed by atoms with Gasteiger partial charge in [0.2, 0.25) is 5.91 Å². The van der Waals surface area contributed by atoms with Crippen LogP contribution in [0.1, 0.15) is 27.9 Å². The van der Waals surface area contributed by atoms with Crippen molar-refractivity contribution in [1.82, 2.24) is 9.80 Å². The average molecular weight is 322 g/mol. The lowest BCUT2D eigenvalue weighted by Crippen LogP contribution is -2.48. The van der Waals surface area contributed by atoms with E-state index in [1.807, 2.05) is 17.0 Å². The molecule has 0 spiro atoms. The molecule has 0 radical (unpaired) electrons. The number of ether oxygens (including phenoxy) is 1. The van der Waals surface area contributed by atoms with Crippen molar-refractivity contribution in [2.45, 2.75) is 19.9 Å². The first kappa shape index (κ1) is 15.5. The Labute approximate surface area is 134 Å². The summed E-state index contributed by atoms with van der Waals surface area (Å²) in [5, 5.41) is 0. The lowest BCUT2D eigenvalue weighted by Gasteiger charge is -2.34. The minimum absolute atomic E-state index is 0.273. The fraction of sp³-hybridized carbons (Fsp3) is 0.625. The second-order valence-electron chi connectivity index (χ2n) is 6.18. The summed E-state index contributed by atoms with van der Waals surface area (Å²) < 4.78 is 4.73. The molecule has 5 nitrogen and oxygen atoms in total. The molecule has 1 aromatic rings. The Morgan fingerprint density at radius 1 is 1.27 bits per heavy atom. The van der Waals surface area contributed by atoms with Gasteiger partial charge in [-0.1, -0.05) is 6.92 Å². The molecule has 1 aliphatic heterocycles. The van der Waals surface area contributed by atoms with Crippen molar-refractivity contribution in [3.05, 3.63) is 21.9 Å². The van der Waals surface area contributed by atoms with Crippen LogP contribution in [-0.2, 0) is 16.1 Å². The number of carbonyl (C=O) groups is 2. The van der Waals surface area contributed by atoms with Crippen LogP contribution in [0.15, 0.2) is 12.1 Å². The highest BCUT2D eigenvalue weighted by atomic mass is 32.1. The van der Waals surface area contributed by atoms with Crippen LogP contribution in [0, 0.1) is 11.8 Å². The summed E-state index contributed by atoms with van der Waals surface area (Å²) >= 11 is 1.48. The fourth-order valence-corrected chi connectivity index (χ4v) is 3.89. The second kappa shape index (κ2) is 6.38. The first-order chi connectivity index (χ1) is 10.6. The maximum absolute atomic E-state index is 12.2. The minimum atomic E-state index is -0.273. The minimum Gasteiger partial charge on any atom is -0.465 e. The van der Waals surface area contributed by atoms with Gasteiger partial charge >= 0.3 is 5.97 Å². The van der Waals surface area contributed by atoms with Crippen LogP contribution in [-0.4, -0.2) is 55.0 Å². The van der Waals surface area contributed by atoms with E-state index < -0.39 is 0 Å². The molecule has 1 aromatic heterocycles. The Bertz CT molecular complexity index is 563. The number of esters is 1. The van der Waals surface area contributed by atoms with E-state index in [9.17, 15) is 9.59 Å². The number of methoxy groups -OCH3 is 1. The molecule has 2 atom stereocenters. The molecule has 0 bridgehead atoms. The molecule has 2 aliphatic rings. The second-order valence-corrected chi connectivity index (χ2v) is 7.35. The molecule has 2 heterocycles. The number of carbonyl (C=O) groups excluding carboxylic acids is 2. The van der Waals surface area contributed by atoms with Crippen molar-refractivity contribution in [3.8, 4) is 0 Å². The van der Waals surface area contributed by atoms with Crippen molar-refractivity contribution in [2.24, 2.45) is 11.8 Å². The van der Waals surface area contributed by atoms with Crippen LogP contribution in [0.4, 0.5) is 0 Å². The van der Waals surface area contributed by atoms with Gasteiger partial charge in [0.15, 0.2) is 0 Å². The number of hydrogen-bond donors (Lipinski definition) is 0. The number of hydrogen-bond acceptors (Lipinski definition) is 5. The van der Waals surface area contributed by atoms with Gasteiger partial charge in [-0.05, 0) is 24.5 Å². The molecule has 0 aromatic carbocycles. The van der Waals surface area contributed by atoms with Crippen molar-refractivity contribution in [2.75, 3.05) is 33.3 Å². The van der Waals surface area contributed by atoms with Gasteiger partial charge in [-0.15, -0.1) is 11.3 Å². The van der Waals surface area contributed by atoms with Crippen LogP contribution in [0.2, 0.25) is 0 Å². The lowest BCUT2D eigenvalue weighted by molar-refractivity contribution is -0.134. The zero-order valence-corrected chi connectivity index (χ0v) is 13.9. The Morgan fingerprint density at radius 2 is 1.95 bits per heavy atom. The topological polar surface area (TPSA) is 49.9 Å². The van der Waals surface area contributed by atoms with Crippen LogP contribution in [0.25, 0.3) is 0 Å². The van der Waals surface area contributed by atoms with E-state index in [1.165, 1.54) is 18.4 Å².